The van der Waals surface area contributed by atoms with Crippen molar-refractivity contribution in [1.82, 2.24) is 4.90 Å². The summed E-state index contributed by atoms with van der Waals surface area (Å²) in [4.78, 5) is 13.0. The van der Waals surface area contributed by atoms with Gasteiger partial charge in [0.2, 0.25) is 0 Å². The largest absolute Gasteiger partial charge is 0.480 e. The minimum Gasteiger partial charge on any atom is -0.480 e. The number of carboxylic acids is 1. The van der Waals surface area contributed by atoms with Gasteiger partial charge in [-0.3, -0.25) is 9.69 Å². The standard InChI is InChI=1S/C10H17NO2/c1-11-6-7-4-2-3-5-8(7)9(11)10(12)13/h7-9H,2-6H2,1H3,(H,12,13)/t7-,8+,9-/m1/s1. The fraction of sp³-hybridized carbons (Fsp3) is 0.900. The van der Waals surface area contributed by atoms with E-state index in [9.17, 15) is 4.79 Å². The molecule has 13 heavy (non-hydrogen) atoms. The van der Waals surface area contributed by atoms with Gasteiger partial charge in [-0.1, -0.05) is 12.8 Å². The first-order valence-corrected chi connectivity index (χ1v) is 5.13. The smallest absolute Gasteiger partial charge is 0.321 e. The maximum absolute atomic E-state index is 11.0. The molecule has 74 valence electrons. The van der Waals surface area contributed by atoms with Crippen LogP contribution in [0.3, 0.4) is 0 Å². The van der Waals surface area contributed by atoms with E-state index in [1.807, 2.05) is 11.9 Å². The van der Waals surface area contributed by atoms with Crippen LogP contribution < -0.4 is 0 Å². The highest BCUT2D eigenvalue weighted by molar-refractivity contribution is 5.74. The molecule has 2 fully saturated rings. The molecule has 0 spiro atoms. The Morgan fingerprint density at radius 1 is 1.38 bits per heavy atom. The molecule has 0 aromatic carbocycles. The zero-order chi connectivity index (χ0) is 9.42. The third kappa shape index (κ3) is 1.46. The van der Waals surface area contributed by atoms with E-state index < -0.39 is 5.97 Å². The van der Waals surface area contributed by atoms with Gasteiger partial charge < -0.3 is 5.11 Å². The van der Waals surface area contributed by atoms with Gasteiger partial charge in [0, 0.05) is 6.54 Å². The molecule has 1 heterocycles. The summed E-state index contributed by atoms with van der Waals surface area (Å²) >= 11 is 0. The van der Waals surface area contributed by atoms with E-state index in [4.69, 9.17) is 5.11 Å². The highest BCUT2D eigenvalue weighted by Gasteiger charge is 2.44. The van der Waals surface area contributed by atoms with Crippen LogP contribution in [-0.2, 0) is 4.79 Å². The third-order valence-corrected chi connectivity index (χ3v) is 3.62. The minimum absolute atomic E-state index is 0.203. The molecule has 0 unspecified atom stereocenters. The lowest BCUT2D eigenvalue weighted by Crippen LogP contribution is -2.37. The van der Waals surface area contributed by atoms with Crippen LogP contribution in [0.15, 0.2) is 0 Å². The molecular formula is C10H17NO2. The van der Waals surface area contributed by atoms with Crippen molar-refractivity contribution in [2.24, 2.45) is 11.8 Å². The summed E-state index contributed by atoms with van der Waals surface area (Å²) in [6.45, 7) is 0.988. The van der Waals surface area contributed by atoms with Gasteiger partial charge in [0.25, 0.3) is 0 Å². The second-order valence-corrected chi connectivity index (χ2v) is 4.43. The van der Waals surface area contributed by atoms with E-state index in [0.29, 0.717) is 11.8 Å². The van der Waals surface area contributed by atoms with Gasteiger partial charge in [-0.15, -0.1) is 0 Å². The summed E-state index contributed by atoms with van der Waals surface area (Å²) < 4.78 is 0. The van der Waals surface area contributed by atoms with Gasteiger partial charge in [-0.25, -0.2) is 0 Å². The van der Waals surface area contributed by atoms with Crippen molar-refractivity contribution < 1.29 is 9.90 Å². The molecule has 0 bridgehead atoms. The predicted molar refractivity (Wildman–Crippen MR) is 49.5 cm³/mol. The highest BCUT2D eigenvalue weighted by atomic mass is 16.4. The van der Waals surface area contributed by atoms with E-state index >= 15 is 0 Å². The van der Waals surface area contributed by atoms with Crippen molar-refractivity contribution in [3.8, 4) is 0 Å². The Bertz CT molecular complexity index is 217. The maximum Gasteiger partial charge on any atom is 0.321 e. The molecule has 1 aliphatic heterocycles. The number of carbonyl (C=O) groups is 1. The molecule has 2 aliphatic rings. The molecule has 0 aromatic rings. The zero-order valence-corrected chi connectivity index (χ0v) is 8.07. The zero-order valence-electron chi connectivity index (χ0n) is 8.07. The first-order chi connectivity index (χ1) is 6.20. The molecule has 2 rings (SSSR count). The monoisotopic (exact) mass is 183 g/mol. The van der Waals surface area contributed by atoms with Crippen LogP contribution in [0.2, 0.25) is 0 Å². The second kappa shape index (κ2) is 3.29. The van der Waals surface area contributed by atoms with Crippen molar-refractivity contribution in [3.63, 3.8) is 0 Å². The van der Waals surface area contributed by atoms with E-state index in [1.54, 1.807) is 0 Å². The Balaban J connectivity index is 2.13. The molecule has 1 N–H and O–H groups in total. The summed E-state index contributed by atoms with van der Waals surface area (Å²) in [6.07, 6.45) is 4.87. The van der Waals surface area contributed by atoms with Gasteiger partial charge in [-0.2, -0.15) is 0 Å². The average Bonchev–Trinajstić information content (AvgIpc) is 2.39. The first kappa shape index (κ1) is 9.00. The molecule has 0 amide bonds. The van der Waals surface area contributed by atoms with Crippen LogP contribution >= 0.6 is 0 Å². The number of hydrogen-bond acceptors (Lipinski definition) is 2. The van der Waals surface area contributed by atoms with Crippen LogP contribution in [0.4, 0.5) is 0 Å². The number of hydrogen-bond donors (Lipinski definition) is 1. The molecule has 1 saturated carbocycles. The molecule has 1 aliphatic carbocycles. The fourth-order valence-electron chi connectivity index (χ4n) is 3.06. The highest BCUT2D eigenvalue weighted by Crippen LogP contribution is 2.39. The summed E-state index contributed by atoms with van der Waals surface area (Å²) in [5, 5.41) is 9.08. The van der Waals surface area contributed by atoms with Crippen molar-refractivity contribution >= 4 is 5.97 Å². The topological polar surface area (TPSA) is 40.5 Å². The molecule has 1 saturated heterocycles. The summed E-state index contributed by atoms with van der Waals surface area (Å²) in [7, 11) is 1.94. The van der Waals surface area contributed by atoms with Gasteiger partial charge in [0.15, 0.2) is 0 Å². The summed E-state index contributed by atoms with van der Waals surface area (Å²) in [5.74, 6) is 0.452. The summed E-state index contributed by atoms with van der Waals surface area (Å²) in [6, 6.07) is -0.203. The van der Waals surface area contributed by atoms with Crippen molar-refractivity contribution in [2.45, 2.75) is 31.7 Å². The lowest BCUT2D eigenvalue weighted by molar-refractivity contribution is -0.143. The predicted octanol–water partition coefficient (Wildman–Crippen LogP) is 1.19. The summed E-state index contributed by atoms with van der Waals surface area (Å²) in [5.41, 5.74) is 0. The number of likely N-dealkylation sites (tertiary alicyclic amines) is 1. The molecular weight excluding hydrogens is 166 g/mol. The van der Waals surface area contributed by atoms with E-state index in [1.165, 1.54) is 19.3 Å². The van der Waals surface area contributed by atoms with E-state index in [-0.39, 0.29) is 6.04 Å². The van der Waals surface area contributed by atoms with Crippen LogP contribution in [0.5, 0.6) is 0 Å². The fourth-order valence-corrected chi connectivity index (χ4v) is 3.06. The molecule has 0 aromatic heterocycles. The van der Waals surface area contributed by atoms with Crippen molar-refractivity contribution in [1.29, 1.82) is 0 Å². The van der Waals surface area contributed by atoms with Gasteiger partial charge in [0.05, 0.1) is 0 Å². The molecule has 3 atom stereocenters. The second-order valence-electron chi connectivity index (χ2n) is 4.43. The number of nitrogens with zero attached hydrogens (tertiary/aromatic N) is 1. The lowest BCUT2D eigenvalue weighted by Gasteiger charge is -2.26. The number of likely N-dealkylation sites (N-methyl/N-ethyl adjacent to an activating group) is 1. The maximum atomic E-state index is 11.0. The van der Waals surface area contributed by atoms with E-state index in [2.05, 4.69) is 0 Å². The van der Waals surface area contributed by atoms with Crippen molar-refractivity contribution in [3.05, 3.63) is 0 Å². The average molecular weight is 183 g/mol. The Labute approximate surface area is 78.7 Å². The van der Waals surface area contributed by atoms with Crippen LogP contribution in [0.1, 0.15) is 25.7 Å². The van der Waals surface area contributed by atoms with Gasteiger partial charge in [-0.05, 0) is 31.7 Å². The number of fused-ring (bicyclic) bond motifs is 1. The van der Waals surface area contributed by atoms with Crippen LogP contribution in [0.25, 0.3) is 0 Å². The minimum atomic E-state index is -0.628. The van der Waals surface area contributed by atoms with Crippen LogP contribution in [-0.4, -0.2) is 35.6 Å². The number of rotatable bonds is 1. The van der Waals surface area contributed by atoms with Gasteiger partial charge in [0.1, 0.15) is 6.04 Å². The Morgan fingerprint density at radius 3 is 2.77 bits per heavy atom. The molecule has 0 radical (unpaired) electrons. The SMILES string of the molecule is CN1C[C@H]2CCCC[C@@H]2[C@@H]1C(=O)O. The van der Waals surface area contributed by atoms with Crippen molar-refractivity contribution in [2.75, 3.05) is 13.6 Å². The Hall–Kier alpha value is -0.570. The third-order valence-electron chi connectivity index (χ3n) is 3.62. The Morgan fingerprint density at radius 2 is 2.08 bits per heavy atom. The Kier molecular flexibility index (Phi) is 2.28. The molecule has 3 nitrogen and oxygen atoms in total. The quantitative estimate of drug-likeness (QED) is 0.664. The lowest BCUT2D eigenvalue weighted by atomic mass is 9.78. The van der Waals surface area contributed by atoms with E-state index in [0.717, 1.165) is 13.0 Å². The molecule has 3 heteroatoms. The number of aliphatic carboxylic acids is 1. The first-order valence-electron chi connectivity index (χ1n) is 5.13. The number of carboxylic acid groups (broad SMARTS) is 1. The normalized spacial score (nSPS) is 40.2. The van der Waals surface area contributed by atoms with Crippen LogP contribution in [0, 0.1) is 11.8 Å². The van der Waals surface area contributed by atoms with Gasteiger partial charge >= 0.3 is 5.97 Å².